The quantitative estimate of drug-likeness (QED) is 0.749. The lowest BCUT2D eigenvalue weighted by molar-refractivity contribution is -0.142. The van der Waals surface area contributed by atoms with Gasteiger partial charge in [-0.15, -0.1) is 0 Å². The maximum Gasteiger partial charge on any atom is 0.326 e. The zero-order valence-corrected chi connectivity index (χ0v) is 12.9. The number of hydrogen-bond donors (Lipinski definition) is 2. The Morgan fingerprint density at radius 2 is 2.05 bits per heavy atom. The first-order valence-electron chi connectivity index (χ1n) is 7.70. The maximum absolute atomic E-state index is 12.1. The van der Waals surface area contributed by atoms with Crippen LogP contribution < -0.4 is 5.32 Å². The molecule has 0 aliphatic carbocycles. The van der Waals surface area contributed by atoms with Crippen LogP contribution in [0.25, 0.3) is 0 Å². The van der Waals surface area contributed by atoms with Crippen LogP contribution in [-0.4, -0.2) is 47.1 Å². The van der Waals surface area contributed by atoms with Crippen molar-refractivity contribution in [1.82, 2.24) is 10.2 Å². The van der Waals surface area contributed by atoms with Gasteiger partial charge in [0.2, 0.25) is 5.91 Å². The molecule has 1 amide bonds. The van der Waals surface area contributed by atoms with Gasteiger partial charge < -0.3 is 10.4 Å². The monoisotopic (exact) mass is 284 g/mol. The molecule has 0 aromatic heterocycles. The van der Waals surface area contributed by atoms with Crippen LogP contribution in [0.2, 0.25) is 0 Å². The van der Waals surface area contributed by atoms with Crippen molar-refractivity contribution in [2.24, 2.45) is 5.92 Å². The highest BCUT2D eigenvalue weighted by molar-refractivity contribution is 5.84. The highest BCUT2D eigenvalue weighted by Gasteiger charge is 2.25. The Morgan fingerprint density at radius 1 is 1.35 bits per heavy atom. The van der Waals surface area contributed by atoms with E-state index in [2.05, 4.69) is 17.1 Å². The van der Waals surface area contributed by atoms with Crippen LogP contribution in [0, 0.1) is 5.92 Å². The van der Waals surface area contributed by atoms with Crippen LogP contribution in [0.3, 0.4) is 0 Å². The maximum atomic E-state index is 12.1. The minimum atomic E-state index is -0.947. The van der Waals surface area contributed by atoms with Crippen molar-refractivity contribution in [3.63, 3.8) is 0 Å². The molecule has 1 aliphatic rings. The van der Waals surface area contributed by atoms with Gasteiger partial charge in [0.1, 0.15) is 6.04 Å². The Hall–Kier alpha value is -1.10. The van der Waals surface area contributed by atoms with Crippen molar-refractivity contribution in [2.45, 2.75) is 65.0 Å². The number of aliphatic carboxylic acids is 1. The molecule has 0 saturated carbocycles. The number of rotatable bonds is 7. The molecular formula is C15H28N2O3. The van der Waals surface area contributed by atoms with E-state index >= 15 is 0 Å². The van der Waals surface area contributed by atoms with Gasteiger partial charge in [0.25, 0.3) is 0 Å². The largest absolute Gasteiger partial charge is 0.480 e. The molecule has 2 unspecified atom stereocenters. The molecular weight excluding hydrogens is 256 g/mol. The average molecular weight is 284 g/mol. The Bertz CT molecular complexity index is 331. The molecule has 5 nitrogen and oxygen atoms in total. The number of carboxylic acid groups (broad SMARTS) is 1. The van der Waals surface area contributed by atoms with Gasteiger partial charge in [-0.3, -0.25) is 9.69 Å². The Balaban J connectivity index is 2.49. The molecule has 2 N–H and O–H groups in total. The molecule has 1 fully saturated rings. The minimum absolute atomic E-state index is 0.168. The van der Waals surface area contributed by atoms with Crippen molar-refractivity contribution in [1.29, 1.82) is 0 Å². The number of nitrogens with one attached hydrogen (secondary N) is 1. The van der Waals surface area contributed by atoms with Gasteiger partial charge in [0.15, 0.2) is 0 Å². The Labute approximate surface area is 121 Å². The van der Waals surface area contributed by atoms with Crippen LogP contribution in [0.1, 0.15) is 52.9 Å². The number of piperidine rings is 1. The Morgan fingerprint density at radius 3 is 2.60 bits per heavy atom. The third-order valence-corrected chi connectivity index (χ3v) is 3.91. The van der Waals surface area contributed by atoms with Crippen LogP contribution in [-0.2, 0) is 9.59 Å². The fourth-order valence-electron chi connectivity index (χ4n) is 2.85. The van der Waals surface area contributed by atoms with E-state index in [1.165, 1.54) is 6.42 Å². The lowest BCUT2D eigenvalue weighted by Crippen LogP contribution is -2.49. The van der Waals surface area contributed by atoms with Crippen LogP contribution in [0.4, 0.5) is 0 Å². The second-order valence-electron chi connectivity index (χ2n) is 6.12. The Kier molecular flexibility index (Phi) is 6.99. The SMILES string of the molecule is CCC1CCCCN1CC(=O)NC(CC(C)C)C(=O)O. The molecule has 1 aliphatic heterocycles. The number of carbonyl (C=O) groups is 2. The van der Waals surface area contributed by atoms with E-state index in [0.29, 0.717) is 19.0 Å². The standard InChI is InChI=1S/C15H28N2O3/c1-4-12-7-5-6-8-17(12)10-14(18)16-13(15(19)20)9-11(2)3/h11-13H,4-10H2,1-3H3,(H,16,18)(H,19,20). The first-order chi connectivity index (χ1) is 9.43. The topological polar surface area (TPSA) is 69.6 Å². The van der Waals surface area contributed by atoms with Gasteiger partial charge in [-0.1, -0.05) is 27.2 Å². The minimum Gasteiger partial charge on any atom is -0.480 e. The van der Waals surface area contributed by atoms with Gasteiger partial charge >= 0.3 is 5.97 Å². The molecule has 1 saturated heterocycles. The molecule has 20 heavy (non-hydrogen) atoms. The third kappa shape index (κ3) is 5.49. The van der Waals surface area contributed by atoms with Crippen LogP contribution in [0.5, 0.6) is 0 Å². The van der Waals surface area contributed by atoms with Crippen molar-refractivity contribution in [2.75, 3.05) is 13.1 Å². The second kappa shape index (κ2) is 8.25. The first kappa shape index (κ1) is 17.0. The molecule has 2 atom stereocenters. The van der Waals surface area contributed by atoms with E-state index in [4.69, 9.17) is 5.11 Å². The molecule has 0 aromatic rings. The van der Waals surface area contributed by atoms with E-state index in [-0.39, 0.29) is 11.8 Å². The molecule has 0 aromatic carbocycles. The summed E-state index contributed by atoms with van der Waals surface area (Å²) in [5.41, 5.74) is 0. The number of carboxylic acids is 1. The van der Waals surface area contributed by atoms with E-state index < -0.39 is 12.0 Å². The smallest absolute Gasteiger partial charge is 0.326 e. The normalized spacial score (nSPS) is 21.7. The molecule has 0 radical (unpaired) electrons. The zero-order chi connectivity index (χ0) is 15.1. The first-order valence-corrected chi connectivity index (χ1v) is 7.70. The molecule has 0 bridgehead atoms. The third-order valence-electron chi connectivity index (χ3n) is 3.91. The summed E-state index contributed by atoms with van der Waals surface area (Å²) >= 11 is 0. The van der Waals surface area contributed by atoms with Gasteiger partial charge in [-0.05, 0) is 38.1 Å². The van der Waals surface area contributed by atoms with Crippen LogP contribution >= 0.6 is 0 Å². The highest BCUT2D eigenvalue weighted by Crippen LogP contribution is 2.18. The summed E-state index contributed by atoms with van der Waals surface area (Å²) in [6.07, 6.45) is 5.00. The van der Waals surface area contributed by atoms with E-state index in [1.54, 1.807) is 0 Å². The number of amides is 1. The summed E-state index contributed by atoms with van der Waals surface area (Å²) in [6.45, 7) is 7.31. The summed E-state index contributed by atoms with van der Waals surface area (Å²) in [4.78, 5) is 25.4. The number of nitrogens with zero attached hydrogens (tertiary/aromatic N) is 1. The molecule has 1 rings (SSSR count). The lowest BCUT2D eigenvalue weighted by atomic mass is 10.00. The van der Waals surface area contributed by atoms with Crippen molar-refractivity contribution in [3.8, 4) is 0 Å². The molecule has 116 valence electrons. The summed E-state index contributed by atoms with van der Waals surface area (Å²) < 4.78 is 0. The van der Waals surface area contributed by atoms with Gasteiger partial charge in [0, 0.05) is 6.04 Å². The average Bonchev–Trinajstić information content (AvgIpc) is 2.37. The van der Waals surface area contributed by atoms with E-state index in [9.17, 15) is 9.59 Å². The number of hydrogen-bond acceptors (Lipinski definition) is 3. The predicted octanol–water partition coefficient (Wildman–Crippen LogP) is 1.87. The second-order valence-corrected chi connectivity index (χ2v) is 6.12. The summed E-state index contributed by atoms with van der Waals surface area (Å²) in [5, 5.41) is 11.8. The van der Waals surface area contributed by atoms with Crippen molar-refractivity contribution >= 4 is 11.9 Å². The molecule has 5 heteroatoms. The summed E-state index contributed by atoms with van der Waals surface area (Å²) in [6, 6.07) is -0.310. The van der Waals surface area contributed by atoms with Gasteiger partial charge in [-0.2, -0.15) is 0 Å². The summed E-state index contributed by atoms with van der Waals surface area (Å²) in [5.74, 6) is -0.870. The fourth-order valence-corrected chi connectivity index (χ4v) is 2.85. The fraction of sp³-hybridized carbons (Fsp3) is 0.867. The number of likely N-dealkylation sites (tertiary alicyclic amines) is 1. The van der Waals surface area contributed by atoms with Gasteiger partial charge in [-0.25, -0.2) is 4.79 Å². The highest BCUT2D eigenvalue weighted by atomic mass is 16.4. The molecule has 0 spiro atoms. The zero-order valence-electron chi connectivity index (χ0n) is 12.9. The van der Waals surface area contributed by atoms with Crippen LogP contribution in [0.15, 0.2) is 0 Å². The van der Waals surface area contributed by atoms with Gasteiger partial charge in [0.05, 0.1) is 6.54 Å². The van der Waals surface area contributed by atoms with Crippen molar-refractivity contribution in [3.05, 3.63) is 0 Å². The van der Waals surface area contributed by atoms with Crippen molar-refractivity contribution < 1.29 is 14.7 Å². The molecule has 1 heterocycles. The van der Waals surface area contributed by atoms with E-state index in [1.807, 2.05) is 13.8 Å². The lowest BCUT2D eigenvalue weighted by Gasteiger charge is -2.34. The number of carbonyl (C=O) groups excluding carboxylic acids is 1. The van der Waals surface area contributed by atoms with E-state index in [0.717, 1.165) is 25.8 Å². The summed E-state index contributed by atoms with van der Waals surface area (Å²) in [7, 11) is 0. The predicted molar refractivity (Wildman–Crippen MR) is 78.5 cm³/mol.